The van der Waals surface area contributed by atoms with Gasteiger partial charge in [-0.3, -0.25) is 0 Å². The number of aromatic nitrogens is 1. The summed E-state index contributed by atoms with van der Waals surface area (Å²) in [5.41, 5.74) is 1.24. The van der Waals surface area contributed by atoms with Crippen molar-refractivity contribution in [3.05, 3.63) is 29.3 Å². The predicted molar refractivity (Wildman–Crippen MR) is 80.0 cm³/mol. The van der Waals surface area contributed by atoms with Crippen LogP contribution >= 0.6 is 11.3 Å². The minimum atomic E-state index is 0.159. The van der Waals surface area contributed by atoms with E-state index in [1.165, 1.54) is 4.70 Å². The Morgan fingerprint density at radius 2 is 2.16 bits per heavy atom. The van der Waals surface area contributed by atoms with Crippen molar-refractivity contribution in [3.63, 3.8) is 0 Å². The number of thiazole rings is 1. The number of nitrogens with zero attached hydrogens (tertiary/aromatic N) is 2. The first kappa shape index (κ1) is 14.0. The molecule has 0 atom stereocenters. The topological polar surface area (TPSA) is 48.7 Å². The van der Waals surface area contributed by atoms with Crippen LogP contribution in [0, 0.1) is 16.7 Å². The predicted octanol–water partition coefficient (Wildman–Crippen LogP) is 3.72. The van der Waals surface area contributed by atoms with Crippen molar-refractivity contribution in [3.8, 4) is 6.07 Å². The molecule has 1 aromatic heterocycles. The lowest BCUT2D eigenvalue weighted by atomic mass is 9.88. The van der Waals surface area contributed by atoms with Crippen LogP contribution < -0.4 is 5.32 Å². The van der Waals surface area contributed by atoms with E-state index in [4.69, 9.17) is 5.26 Å². The molecule has 0 spiro atoms. The highest BCUT2D eigenvalue weighted by atomic mass is 32.1. The maximum Gasteiger partial charge on any atom is 0.108 e. The highest BCUT2D eigenvalue weighted by molar-refractivity contribution is 7.18. The largest absolute Gasteiger partial charge is 0.310 e. The maximum absolute atomic E-state index is 8.63. The van der Waals surface area contributed by atoms with E-state index >= 15 is 0 Å². The van der Waals surface area contributed by atoms with Crippen LogP contribution in [0.2, 0.25) is 0 Å². The van der Waals surface area contributed by atoms with Crippen LogP contribution in [0.4, 0.5) is 0 Å². The molecule has 0 unspecified atom stereocenters. The fourth-order valence-corrected chi connectivity index (χ4v) is 2.92. The number of nitrogens with one attached hydrogen (secondary N) is 1. The van der Waals surface area contributed by atoms with Gasteiger partial charge in [-0.1, -0.05) is 26.0 Å². The Labute approximate surface area is 118 Å². The molecule has 0 amide bonds. The maximum atomic E-state index is 8.63. The Morgan fingerprint density at radius 1 is 1.37 bits per heavy atom. The second-order valence-electron chi connectivity index (χ2n) is 5.50. The molecule has 0 radical (unpaired) electrons. The van der Waals surface area contributed by atoms with Crippen molar-refractivity contribution in [2.75, 3.05) is 6.54 Å². The molecule has 3 nitrogen and oxygen atoms in total. The van der Waals surface area contributed by atoms with E-state index in [-0.39, 0.29) is 5.41 Å². The van der Waals surface area contributed by atoms with E-state index in [9.17, 15) is 0 Å². The zero-order valence-electron chi connectivity index (χ0n) is 11.4. The summed E-state index contributed by atoms with van der Waals surface area (Å²) >= 11 is 1.74. The normalized spacial score (nSPS) is 11.6. The van der Waals surface area contributed by atoms with Gasteiger partial charge in [0.25, 0.3) is 0 Å². The lowest BCUT2D eigenvalue weighted by Gasteiger charge is -2.23. The van der Waals surface area contributed by atoms with Crippen LogP contribution in [-0.4, -0.2) is 11.5 Å². The van der Waals surface area contributed by atoms with Crippen molar-refractivity contribution in [2.24, 2.45) is 5.41 Å². The van der Waals surface area contributed by atoms with Crippen LogP contribution in [0.5, 0.6) is 0 Å². The van der Waals surface area contributed by atoms with Gasteiger partial charge in [-0.25, -0.2) is 4.98 Å². The van der Waals surface area contributed by atoms with Crippen LogP contribution in [-0.2, 0) is 6.54 Å². The molecule has 100 valence electrons. The third-order valence-electron chi connectivity index (χ3n) is 3.13. The molecule has 0 aliphatic rings. The first-order chi connectivity index (χ1) is 9.11. The number of nitriles is 1. The minimum absolute atomic E-state index is 0.159. The summed E-state index contributed by atoms with van der Waals surface area (Å²) in [5.74, 6) is 0. The lowest BCUT2D eigenvalue weighted by Crippen LogP contribution is -2.28. The number of benzene rings is 1. The summed E-state index contributed by atoms with van der Waals surface area (Å²) in [7, 11) is 0. The number of rotatable bonds is 6. The highest BCUT2D eigenvalue weighted by Crippen LogP contribution is 2.23. The van der Waals surface area contributed by atoms with E-state index in [0.717, 1.165) is 30.0 Å². The van der Waals surface area contributed by atoms with Crippen molar-refractivity contribution in [2.45, 2.75) is 33.2 Å². The highest BCUT2D eigenvalue weighted by Gasteiger charge is 2.16. The van der Waals surface area contributed by atoms with Gasteiger partial charge in [0.2, 0.25) is 0 Å². The summed E-state index contributed by atoms with van der Waals surface area (Å²) in [6, 6.07) is 10.4. The fraction of sp³-hybridized carbons (Fsp3) is 0.467. The van der Waals surface area contributed by atoms with E-state index < -0.39 is 0 Å². The van der Waals surface area contributed by atoms with Gasteiger partial charge in [0.1, 0.15) is 5.01 Å². The van der Waals surface area contributed by atoms with Gasteiger partial charge >= 0.3 is 0 Å². The summed E-state index contributed by atoms with van der Waals surface area (Å²) in [6.07, 6.45) is 1.55. The van der Waals surface area contributed by atoms with Gasteiger partial charge < -0.3 is 5.32 Å². The molecular weight excluding hydrogens is 254 g/mol. The smallest absolute Gasteiger partial charge is 0.108 e. The van der Waals surface area contributed by atoms with E-state index in [1.807, 2.05) is 18.2 Å². The Kier molecular flexibility index (Phi) is 4.52. The Bertz CT molecular complexity index is 547. The first-order valence-electron chi connectivity index (χ1n) is 6.53. The second kappa shape index (κ2) is 6.14. The summed E-state index contributed by atoms with van der Waals surface area (Å²) in [5, 5.41) is 13.2. The summed E-state index contributed by atoms with van der Waals surface area (Å²) < 4.78 is 1.24. The molecular formula is C15H19N3S. The molecule has 2 aromatic rings. The zero-order chi connectivity index (χ0) is 13.7. The molecule has 2 rings (SSSR count). The van der Waals surface area contributed by atoms with Crippen molar-refractivity contribution in [1.29, 1.82) is 5.26 Å². The van der Waals surface area contributed by atoms with Crippen LogP contribution in [0.3, 0.4) is 0 Å². The first-order valence-corrected chi connectivity index (χ1v) is 7.34. The Balaban J connectivity index is 1.87. The molecule has 19 heavy (non-hydrogen) atoms. The Morgan fingerprint density at radius 3 is 2.89 bits per heavy atom. The molecule has 0 fully saturated rings. The summed E-state index contributed by atoms with van der Waals surface area (Å²) in [6.45, 7) is 6.09. The number of fused-ring (bicyclic) bond motifs is 1. The summed E-state index contributed by atoms with van der Waals surface area (Å²) in [4.78, 5) is 4.60. The number of hydrogen-bond acceptors (Lipinski definition) is 4. The van der Waals surface area contributed by atoms with Crippen molar-refractivity contribution < 1.29 is 0 Å². The zero-order valence-corrected chi connectivity index (χ0v) is 12.3. The van der Waals surface area contributed by atoms with Gasteiger partial charge in [0.15, 0.2) is 0 Å². The molecule has 1 aromatic carbocycles. The average molecular weight is 273 g/mol. The van der Waals surface area contributed by atoms with Crippen LogP contribution in [0.1, 0.15) is 31.7 Å². The standard InChI is InChI=1S/C15H19N3S/c1-15(2,8-5-9-16)11-17-10-14-18-12-6-3-4-7-13(12)19-14/h3-4,6-7,17H,5,8,10-11H2,1-2H3. The van der Waals surface area contributed by atoms with Crippen molar-refractivity contribution >= 4 is 21.6 Å². The van der Waals surface area contributed by atoms with E-state index in [0.29, 0.717) is 6.42 Å². The molecule has 0 aliphatic carbocycles. The SMILES string of the molecule is CC(C)(CCC#N)CNCc1nc2ccccc2s1. The minimum Gasteiger partial charge on any atom is -0.310 e. The average Bonchev–Trinajstić information content (AvgIpc) is 2.78. The van der Waals surface area contributed by atoms with Crippen molar-refractivity contribution in [1.82, 2.24) is 10.3 Å². The molecule has 1 N–H and O–H groups in total. The van der Waals surface area contributed by atoms with Crippen LogP contribution in [0.25, 0.3) is 10.2 Å². The van der Waals surface area contributed by atoms with E-state index in [2.05, 4.69) is 36.3 Å². The van der Waals surface area contributed by atoms with Gasteiger partial charge in [0, 0.05) is 19.5 Å². The van der Waals surface area contributed by atoms with Crippen LogP contribution in [0.15, 0.2) is 24.3 Å². The van der Waals surface area contributed by atoms with E-state index in [1.54, 1.807) is 11.3 Å². The third-order valence-corrected chi connectivity index (χ3v) is 4.17. The van der Waals surface area contributed by atoms with Gasteiger partial charge in [-0.2, -0.15) is 5.26 Å². The Hall–Kier alpha value is -1.44. The molecule has 0 saturated carbocycles. The van der Waals surface area contributed by atoms with Gasteiger partial charge in [0.05, 0.1) is 16.3 Å². The quantitative estimate of drug-likeness (QED) is 0.872. The molecule has 0 bridgehead atoms. The van der Waals surface area contributed by atoms with Gasteiger partial charge in [-0.05, 0) is 24.0 Å². The molecule has 1 heterocycles. The lowest BCUT2D eigenvalue weighted by molar-refractivity contribution is 0.317. The third kappa shape index (κ3) is 4.02. The monoisotopic (exact) mass is 273 g/mol. The number of para-hydroxylation sites is 1. The number of hydrogen-bond donors (Lipinski definition) is 1. The fourth-order valence-electron chi connectivity index (χ4n) is 1.99. The van der Waals surface area contributed by atoms with Gasteiger partial charge in [-0.15, -0.1) is 11.3 Å². The molecule has 0 aliphatic heterocycles. The second-order valence-corrected chi connectivity index (χ2v) is 6.62. The molecule has 0 saturated heterocycles. The molecule has 4 heteroatoms.